The Morgan fingerprint density at radius 1 is 1.13 bits per heavy atom. The molecule has 0 saturated heterocycles. The first-order valence-electron chi connectivity index (χ1n) is 7.21. The van der Waals surface area contributed by atoms with E-state index in [4.69, 9.17) is 0 Å². The number of hydrogen-bond donors (Lipinski definition) is 2. The molecule has 0 unspecified atom stereocenters. The van der Waals surface area contributed by atoms with Gasteiger partial charge >= 0.3 is 0 Å². The van der Waals surface area contributed by atoms with Crippen LogP contribution in [0.25, 0.3) is 0 Å². The fourth-order valence-corrected chi connectivity index (χ4v) is 2.14. The van der Waals surface area contributed by atoms with Crippen molar-refractivity contribution in [1.82, 2.24) is 25.6 Å². The Bertz CT molecular complexity index is 697. The zero-order chi connectivity index (χ0) is 17.0. The molecule has 8 nitrogen and oxygen atoms in total. The molecule has 2 heterocycles. The molecule has 0 atom stereocenters. The number of nitrogens with zero attached hydrogens (tertiary/aromatic N) is 4. The highest BCUT2D eigenvalue weighted by molar-refractivity contribution is 5.93. The first-order valence-corrected chi connectivity index (χ1v) is 7.21. The molecular weight excluding hydrogens is 296 g/mol. The van der Waals surface area contributed by atoms with Crippen molar-refractivity contribution in [1.29, 1.82) is 0 Å². The molecule has 0 aliphatic heterocycles. The van der Waals surface area contributed by atoms with Crippen molar-refractivity contribution in [3.63, 3.8) is 0 Å². The molecule has 8 heteroatoms. The molecule has 23 heavy (non-hydrogen) atoms. The number of nitrogens with one attached hydrogen (secondary N) is 2. The number of amides is 1. The van der Waals surface area contributed by atoms with Crippen molar-refractivity contribution < 1.29 is 9.63 Å². The quantitative estimate of drug-likeness (QED) is 0.814. The maximum absolute atomic E-state index is 11.9. The van der Waals surface area contributed by atoms with Gasteiger partial charge in [-0.2, -0.15) is 0 Å². The molecule has 2 aromatic rings. The van der Waals surface area contributed by atoms with Crippen molar-refractivity contribution in [2.24, 2.45) is 0 Å². The van der Waals surface area contributed by atoms with Gasteiger partial charge in [-0.05, 0) is 31.4 Å². The maximum Gasteiger partial charge on any atom is 0.295 e. The maximum atomic E-state index is 11.9. The summed E-state index contributed by atoms with van der Waals surface area (Å²) in [5, 5.41) is 11.1. The molecular formula is C15H20N6O2. The summed E-state index contributed by atoms with van der Waals surface area (Å²) < 4.78 is 0. The standard InChI is InChI=1S/C15H20N6O2/c1-8(2)11-7-13(19-20-14(11)15(22)21-23-5)18-12-6-9(3)16-10(4)17-12/h6-8H,1-5H3,(H,21,22)(H,16,17,18,19). The van der Waals surface area contributed by atoms with Crippen molar-refractivity contribution in [3.8, 4) is 0 Å². The van der Waals surface area contributed by atoms with Gasteiger partial charge in [-0.15, -0.1) is 10.2 Å². The van der Waals surface area contributed by atoms with Gasteiger partial charge in [0.2, 0.25) is 0 Å². The Hall–Kier alpha value is -2.61. The lowest BCUT2D eigenvalue weighted by Gasteiger charge is -2.13. The van der Waals surface area contributed by atoms with Crippen LogP contribution in [-0.2, 0) is 4.84 Å². The zero-order valence-corrected chi connectivity index (χ0v) is 13.8. The number of aryl methyl sites for hydroxylation is 2. The van der Waals surface area contributed by atoms with Crippen molar-refractivity contribution in [3.05, 3.63) is 34.9 Å². The number of carbonyl (C=O) groups is 1. The Morgan fingerprint density at radius 3 is 2.48 bits per heavy atom. The second-order valence-electron chi connectivity index (χ2n) is 5.39. The lowest BCUT2D eigenvalue weighted by atomic mass is 10.0. The Balaban J connectivity index is 2.33. The highest BCUT2D eigenvalue weighted by Crippen LogP contribution is 2.22. The minimum Gasteiger partial charge on any atom is -0.323 e. The highest BCUT2D eigenvalue weighted by Gasteiger charge is 2.17. The number of rotatable bonds is 5. The molecule has 122 valence electrons. The molecule has 0 aliphatic carbocycles. The van der Waals surface area contributed by atoms with Crippen LogP contribution < -0.4 is 10.8 Å². The highest BCUT2D eigenvalue weighted by atomic mass is 16.6. The summed E-state index contributed by atoms with van der Waals surface area (Å²) in [6, 6.07) is 3.60. The number of aromatic nitrogens is 4. The first kappa shape index (κ1) is 16.8. The van der Waals surface area contributed by atoms with E-state index in [1.54, 1.807) is 6.07 Å². The average molecular weight is 316 g/mol. The second-order valence-corrected chi connectivity index (χ2v) is 5.39. The summed E-state index contributed by atoms with van der Waals surface area (Å²) in [4.78, 5) is 25.1. The smallest absolute Gasteiger partial charge is 0.295 e. The van der Waals surface area contributed by atoms with Crippen molar-refractivity contribution >= 4 is 17.5 Å². The van der Waals surface area contributed by atoms with Crippen LogP contribution >= 0.6 is 0 Å². The average Bonchev–Trinajstić information content (AvgIpc) is 2.46. The summed E-state index contributed by atoms with van der Waals surface area (Å²) in [5.41, 5.74) is 4.12. The van der Waals surface area contributed by atoms with Gasteiger partial charge in [0.1, 0.15) is 11.6 Å². The van der Waals surface area contributed by atoms with Gasteiger partial charge in [-0.1, -0.05) is 13.8 Å². The van der Waals surface area contributed by atoms with E-state index in [-0.39, 0.29) is 11.6 Å². The lowest BCUT2D eigenvalue weighted by Crippen LogP contribution is -2.25. The number of hydrogen-bond acceptors (Lipinski definition) is 7. The van der Waals surface area contributed by atoms with E-state index < -0.39 is 5.91 Å². The lowest BCUT2D eigenvalue weighted by molar-refractivity contribution is 0.0530. The van der Waals surface area contributed by atoms with Gasteiger partial charge in [-0.25, -0.2) is 15.4 Å². The van der Waals surface area contributed by atoms with E-state index in [9.17, 15) is 4.79 Å². The van der Waals surface area contributed by atoms with Crippen LogP contribution in [0.15, 0.2) is 12.1 Å². The molecule has 0 radical (unpaired) electrons. The van der Waals surface area contributed by atoms with Crippen molar-refractivity contribution in [2.75, 3.05) is 12.4 Å². The Kier molecular flexibility index (Phi) is 5.17. The van der Waals surface area contributed by atoms with Gasteiger partial charge in [0.15, 0.2) is 11.5 Å². The second kappa shape index (κ2) is 7.10. The number of anilines is 2. The van der Waals surface area contributed by atoms with Crippen LogP contribution in [0.1, 0.15) is 47.3 Å². The number of hydroxylamine groups is 1. The van der Waals surface area contributed by atoms with Crippen LogP contribution in [-0.4, -0.2) is 33.2 Å². The normalized spacial score (nSPS) is 10.7. The SMILES string of the molecule is CONC(=O)c1nnc(Nc2cc(C)nc(C)n2)cc1C(C)C. The molecule has 0 spiro atoms. The molecule has 2 rings (SSSR count). The van der Waals surface area contributed by atoms with Gasteiger partial charge in [0.05, 0.1) is 7.11 Å². The molecule has 0 saturated carbocycles. The van der Waals surface area contributed by atoms with Crippen LogP contribution in [0.3, 0.4) is 0 Å². The molecule has 1 amide bonds. The summed E-state index contributed by atoms with van der Waals surface area (Å²) in [7, 11) is 1.37. The predicted molar refractivity (Wildman–Crippen MR) is 85.4 cm³/mol. The van der Waals surface area contributed by atoms with E-state index in [1.165, 1.54) is 7.11 Å². The van der Waals surface area contributed by atoms with E-state index >= 15 is 0 Å². The van der Waals surface area contributed by atoms with Gasteiger partial charge in [0, 0.05) is 11.8 Å². The Labute approximate surface area is 134 Å². The summed E-state index contributed by atoms with van der Waals surface area (Å²) in [5.74, 6) is 1.48. The van der Waals surface area contributed by atoms with Gasteiger partial charge in [0.25, 0.3) is 5.91 Å². The third-order valence-electron chi connectivity index (χ3n) is 3.08. The number of carbonyl (C=O) groups excluding carboxylic acids is 1. The van der Waals surface area contributed by atoms with Crippen molar-refractivity contribution in [2.45, 2.75) is 33.6 Å². The van der Waals surface area contributed by atoms with Crippen LogP contribution in [0.5, 0.6) is 0 Å². The molecule has 2 aromatic heterocycles. The summed E-state index contributed by atoms with van der Waals surface area (Å²) >= 11 is 0. The Morgan fingerprint density at radius 2 is 1.87 bits per heavy atom. The summed E-state index contributed by atoms with van der Waals surface area (Å²) in [6.45, 7) is 7.66. The zero-order valence-electron chi connectivity index (χ0n) is 13.8. The third kappa shape index (κ3) is 4.19. The van der Waals surface area contributed by atoms with E-state index in [2.05, 4.69) is 35.8 Å². The monoisotopic (exact) mass is 316 g/mol. The first-order chi connectivity index (χ1) is 10.9. The fraction of sp³-hybridized carbons (Fsp3) is 0.400. The molecule has 0 aliphatic rings. The van der Waals surface area contributed by atoms with Gasteiger partial charge < -0.3 is 5.32 Å². The van der Waals surface area contributed by atoms with E-state index in [0.29, 0.717) is 17.5 Å². The largest absolute Gasteiger partial charge is 0.323 e. The predicted octanol–water partition coefficient (Wildman–Crippen LogP) is 2.04. The van der Waals surface area contributed by atoms with Gasteiger partial charge in [-0.3, -0.25) is 9.63 Å². The van der Waals surface area contributed by atoms with Crippen LogP contribution in [0.2, 0.25) is 0 Å². The van der Waals surface area contributed by atoms with Crippen LogP contribution in [0.4, 0.5) is 11.6 Å². The molecule has 0 bridgehead atoms. The minimum atomic E-state index is -0.427. The molecule has 0 aromatic carbocycles. The van der Waals surface area contributed by atoms with E-state index in [1.807, 2.05) is 33.8 Å². The minimum absolute atomic E-state index is 0.0949. The van der Waals surface area contributed by atoms with Crippen LogP contribution in [0, 0.1) is 13.8 Å². The fourth-order valence-electron chi connectivity index (χ4n) is 2.14. The molecule has 0 fully saturated rings. The van der Waals surface area contributed by atoms with E-state index in [0.717, 1.165) is 11.3 Å². The third-order valence-corrected chi connectivity index (χ3v) is 3.08. The topological polar surface area (TPSA) is 102 Å². The molecule has 2 N–H and O–H groups in total. The summed E-state index contributed by atoms with van der Waals surface area (Å²) in [6.07, 6.45) is 0.